The minimum absolute atomic E-state index is 0.0228. The summed E-state index contributed by atoms with van der Waals surface area (Å²) >= 11 is 0. The zero-order valence-electron chi connectivity index (χ0n) is 17.4. The number of methoxy groups -OCH3 is 2. The Balaban J connectivity index is 2.14. The lowest BCUT2D eigenvalue weighted by Gasteiger charge is -2.17. The molecule has 0 saturated carbocycles. The van der Waals surface area contributed by atoms with Gasteiger partial charge in [0.25, 0.3) is 0 Å². The molecule has 0 aliphatic carbocycles. The summed E-state index contributed by atoms with van der Waals surface area (Å²) < 4.78 is 34.7. The Morgan fingerprint density at radius 1 is 1.10 bits per heavy atom. The number of aromatic nitrogens is 3. The molecule has 2 aromatic carbocycles. The summed E-state index contributed by atoms with van der Waals surface area (Å²) in [5.74, 6) is 1.28. The normalized spacial score (nSPS) is 13.0. The summed E-state index contributed by atoms with van der Waals surface area (Å²) in [6.45, 7) is 5.58. The molecule has 9 nitrogen and oxygen atoms in total. The lowest BCUT2D eigenvalue weighted by molar-refractivity contribution is 0.213. The smallest absolute Gasteiger partial charge is 0.497 e. The number of nitrogens with zero attached hydrogens (tertiary/aromatic N) is 3. The van der Waals surface area contributed by atoms with Crippen LogP contribution in [0.1, 0.15) is 18.1 Å². The van der Waals surface area contributed by atoms with E-state index in [-0.39, 0.29) is 12.4 Å². The molecule has 1 atom stereocenters. The monoisotopic (exact) mass is 433 g/mol. The topological polar surface area (TPSA) is 105 Å². The van der Waals surface area contributed by atoms with Gasteiger partial charge in [-0.2, -0.15) is 0 Å². The second-order valence-electron chi connectivity index (χ2n) is 6.46. The molecule has 3 aromatic rings. The summed E-state index contributed by atoms with van der Waals surface area (Å²) in [6, 6.07) is 8.73. The highest BCUT2D eigenvalue weighted by Gasteiger charge is 2.26. The maximum atomic E-state index is 12.2. The van der Waals surface area contributed by atoms with Crippen LogP contribution in [0.3, 0.4) is 0 Å². The van der Waals surface area contributed by atoms with E-state index in [2.05, 4.69) is 10.3 Å². The third-order valence-corrected chi connectivity index (χ3v) is 5.60. The summed E-state index contributed by atoms with van der Waals surface area (Å²) in [5, 5.41) is 8.21. The van der Waals surface area contributed by atoms with Crippen molar-refractivity contribution in [1.29, 1.82) is 0 Å². The van der Waals surface area contributed by atoms with Crippen molar-refractivity contribution in [2.24, 2.45) is 0 Å². The van der Waals surface area contributed by atoms with Crippen molar-refractivity contribution in [3.8, 4) is 34.2 Å². The van der Waals surface area contributed by atoms with E-state index >= 15 is 0 Å². The number of aryl methyl sites for hydroxylation is 1. The molecule has 160 valence electrons. The van der Waals surface area contributed by atoms with Crippen LogP contribution in [-0.2, 0) is 9.09 Å². The molecule has 0 aliphatic rings. The van der Waals surface area contributed by atoms with Crippen molar-refractivity contribution in [2.45, 2.75) is 20.8 Å². The van der Waals surface area contributed by atoms with Crippen molar-refractivity contribution in [3.05, 3.63) is 47.7 Å². The lowest BCUT2D eigenvalue weighted by atomic mass is 10.1. The second-order valence-corrected chi connectivity index (χ2v) is 7.84. The maximum absolute atomic E-state index is 12.2. The second kappa shape index (κ2) is 8.87. The van der Waals surface area contributed by atoms with Crippen molar-refractivity contribution < 1.29 is 28.0 Å². The molecule has 0 amide bonds. The van der Waals surface area contributed by atoms with Crippen molar-refractivity contribution in [2.75, 3.05) is 20.8 Å². The van der Waals surface area contributed by atoms with Gasteiger partial charge in [0, 0.05) is 17.7 Å². The standard InChI is InChI=1S/C20H24N3O6P/c1-6-28-30(24,25)29-20-11-16(26-4)7-8-17(20)18-12-21-22-23(18)15-9-13(2)14(3)19(10-15)27-5/h7-12H,6H2,1-5H3,(H,24,25). The quantitative estimate of drug-likeness (QED) is 0.530. The SMILES string of the molecule is CCOP(=O)(O)Oc1cc(OC)ccc1-c1cnnn1-c1cc(C)c(C)c(OC)c1. The van der Waals surface area contributed by atoms with E-state index in [1.165, 1.54) is 13.2 Å². The van der Waals surface area contributed by atoms with Gasteiger partial charge in [-0.1, -0.05) is 5.21 Å². The van der Waals surface area contributed by atoms with Gasteiger partial charge in [-0.05, 0) is 50.1 Å². The third kappa shape index (κ3) is 4.48. The van der Waals surface area contributed by atoms with Crippen LogP contribution < -0.4 is 14.0 Å². The Kier molecular flexibility index (Phi) is 6.45. The zero-order valence-corrected chi connectivity index (χ0v) is 18.3. The molecule has 30 heavy (non-hydrogen) atoms. The van der Waals surface area contributed by atoms with E-state index in [4.69, 9.17) is 18.5 Å². The molecular formula is C20H24N3O6P. The Hall–Kier alpha value is -2.87. The van der Waals surface area contributed by atoms with Gasteiger partial charge in [0.1, 0.15) is 17.2 Å². The first-order valence-corrected chi connectivity index (χ1v) is 10.7. The fourth-order valence-corrected chi connectivity index (χ4v) is 3.76. The van der Waals surface area contributed by atoms with E-state index in [0.29, 0.717) is 22.8 Å². The van der Waals surface area contributed by atoms with Crippen LogP contribution in [0.15, 0.2) is 36.5 Å². The van der Waals surface area contributed by atoms with E-state index in [1.807, 2.05) is 26.0 Å². The molecule has 1 aromatic heterocycles. The number of benzene rings is 2. The Morgan fingerprint density at radius 3 is 2.53 bits per heavy atom. The summed E-state index contributed by atoms with van der Waals surface area (Å²) in [6.07, 6.45) is 1.54. The number of phosphoric acid groups is 1. The Labute approximate surface area is 174 Å². The highest BCUT2D eigenvalue weighted by molar-refractivity contribution is 7.47. The molecule has 0 fully saturated rings. The Bertz CT molecular complexity index is 1100. The minimum Gasteiger partial charge on any atom is -0.497 e. The fraction of sp³-hybridized carbons (Fsp3) is 0.300. The molecule has 3 rings (SSSR count). The first-order chi connectivity index (χ1) is 14.3. The summed E-state index contributed by atoms with van der Waals surface area (Å²) in [7, 11) is -1.21. The van der Waals surface area contributed by atoms with E-state index in [1.54, 1.807) is 37.0 Å². The minimum atomic E-state index is -4.31. The average Bonchev–Trinajstić information content (AvgIpc) is 3.19. The Morgan fingerprint density at radius 2 is 1.87 bits per heavy atom. The number of phosphoric ester groups is 1. The molecule has 1 unspecified atom stereocenters. The molecule has 1 heterocycles. The van der Waals surface area contributed by atoms with Gasteiger partial charge in [-0.15, -0.1) is 5.10 Å². The molecule has 0 aliphatic heterocycles. The van der Waals surface area contributed by atoms with Gasteiger partial charge in [-0.3, -0.25) is 9.42 Å². The van der Waals surface area contributed by atoms with Crippen LogP contribution in [0.2, 0.25) is 0 Å². The largest absolute Gasteiger partial charge is 0.527 e. The van der Waals surface area contributed by atoms with E-state index < -0.39 is 7.82 Å². The lowest BCUT2D eigenvalue weighted by Crippen LogP contribution is -2.04. The number of ether oxygens (including phenoxy) is 2. The summed E-state index contributed by atoms with van der Waals surface area (Å²) in [5.41, 5.74) is 3.81. The molecule has 1 N–H and O–H groups in total. The number of rotatable bonds is 8. The number of hydrogen-bond donors (Lipinski definition) is 1. The molecule has 0 spiro atoms. The molecule has 0 saturated heterocycles. The zero-order chi connectivity index (χ0) is 21.9. The van der Waals surface area contributed by atoms with Gasteiger partial charge in [-0.25, -0.2) is 9.25 Å². The highest BCUT2D eigenvalue weighted by atomic mass is 31.2. The van der Waals surface area contributed by atoms with Gasteiger partial charge in [0.2, 0.25) is 0 Å². The van der Waals surface area contributed by atoms with Crippen LogP contribution >= 0.6 is 7.82 Å². The highest BCUT2D eigenvalue weighted by Crippen LogP contribution is 2.47. The average molecular weight is 433 g/mol. The third-order valence-electron chi connectivity index (χ3n) is 4.59. The van der Waals surface area contributed by atoms with Crippen LogP contribution in [0.25, 0.3) is 16.9 Å². The van der Waals surface area contributed by atoms with E-state index in [9.17, 15) is 9.46 Å². The molecule has 0 bridgehead atoms. The van der Waals surface area contributed by atoms with Crippen molar-refractivity contribution >= 4 is 7.82 Å². The molecular weight excluding hydrogens is 409 g/mol. The summed E-state index contributed by atoms with van der Waals surface area (Å²) in [4.78, 5) is 9.99. The predicted octanol–water partition coefficient (Wildman–Crippen LogP) is 4.08. The van der Waals surface area contributed by atoms with Gasteiger partial charge >= 0.3 is 7.82 Å². The first-order valence-electron chi connectivity index (χ1n) is 9.21. The van der Waals surface area contributed by atoms with Gasteiger partial charge in [0.15, 0.2) is 0 Å². The van der Waals surface area contributed by atoms with Crippen LogP contribution in [0.5, 0.6) is 17.2 Å². The first kappa shape index (κ1) is 21.8. The van der Waals surface area contributed by atoms with Crippen molar-refractivity contribution in [1.82, 2.24) is 15.0 Å². The fourth-order valence-electron chi connectivity index (χ4n) is 2.98. The van der Waals surface area contributed by atoms with Crippen molar-refractivity contribution in [3.63, 3.8) is 0 Å². The number of hydrogen-bond acceptors (Lipinski definition) is 7. The van der Waals surface area contributed by atoms with Crippen LogP contribution in [0, 0.1) is 13.8 Å². The van der Waals surface area contributed by atoms with Gasteiger partial charge < -0.3 is 14.0 Å². The van der Waals surface area contributed by atoms with E-state index in [0.717, 1.165) is 16.8 Å². The van der Waals surface area contributed by atoms with Crippen LogP contribution in [0.4, 0.5) is 0 Å². The molecule has 10 heteroatoms. The van der Waals surface area contributed by atoms with Gasteiger partial charge in [0.05, 0.1) is 38.4 Å². The molecule has 0 radical (unpaired) electrons. The van der Waals surface area contributed by atoms with Crippen LogP contribution in [-0.4, -0.2) is 40.7 Å². The predicted molar refractivity (Wildman–Crippen MR) is 111 cm³/mol. The maximum Gasteiger partial charge on any atom is 0.527 e.